The molecular formula is C23H25N3O3. The fourth-order valence-corrected chi connectivity index (χ4v) is 4.42. The molecule has 2 N–H and O–H groups in total. The summed E-state index contributed by atoms with van der Waals surface area (Å²) in [5.41, 5.74) is 9.64. The highest BCUT2D eigenvalue weighted by molar-refractivity contribution is 6.01. The lowest BCUT2D eigenvalue weighted by molar-refractivity contribution is -0.143. The van der Waals surface area contributed by atoms with Gasteiger partial charge in [-0.2, -0.15) is 0 Å². The van der Waals surface area contributed by atoms with Crippen molar-refractivity contribution < 1.29 is 14.4 Å². The van der Waals surface area contributed by atoms with Crippen LogP contribution in [0.3, 0.4) is 0 Å². The van der Waals surface area contributed by atoms with Crippen LogP contribution in [-0.4, -0.2) is 35.2 Å². The molecule has 2 aliphatic heterocycles. The maximum absolute atomic E-state index is 13.3. The Bertz CT molecular complexity index is 971. The van der Waals surface area contributed by atoms with Crippen LogP contribution in [0.2, 0.25) is 0 Å². The van der Waals surface area contributed by atoms with Gasteiger partial charge in [0.1, 0.15) is 6.04 Å². The van der Waals surface area contributed by atoms with E-state index in [2.05, 4.69) is 0 Å². The molecule has 1 saturated heterocycles. The lowest BCUT2D eigenvalue weighted by atomic mass is 9.92. The van der Waals surface area contributed by atoms with Gasteiger partial charge >= 0.3 is 0 Å². The molecule has 0 radical (unpaired) electrons. The Kier molecular flexibility index (Phi) is 5.09. The Morgan fingerprint density at radius 2 is 1.72 bits per heavy atom. The predicted molar refractivity (Wildman–Crippen MR) is 110 cm³/mol. The van der Waals surface area contributed by atoms with Crippen LogP contribution in [0.5, 0.6) is 0 Å². The molecule has 2 atom stereocenters. The van der Waals surface area contributed by atoms with Gasteiger partial charge in [-0.15, -0.1) is 0 Å². The fraction of sp³-hybridized carbons (Fsp3) is 0.348. The van der Waals surface area contributed by atoms with Crippen molar-refractivity contribution in [3.8, 4) is 0 Å². The van der Waals surface area contributed by atoms with Crippen LogP contribution < -0.4 is 10.6 Å². The highest BCUT2D eigenvalue weighted by Gasteiger charge is 2.41. The second kappa shape index (κ2) is 7.70. The Hall–Kier alpha value is -3.15. The van der Waals surface area contributed by atoms with Crippen molar-refractivity contribution in [1.82, 2.24) is 4.90 Å². The average Bonchev–Trinajstić information content (AvgIpc) is 3.13. The molecule has 0 bridgehead atoms. The van der Waals surface area contributed by atoms with Crippen molar-refractivity contribution in [2.75, 3.05) is 11.4 Å². The Balaban J connectivity index is 1.58. The summed E-state index contributed by atoms with van der Waals surface area (Å²) in [7, 11) is 0. The number of nitrogens with two attached hydrogens (primary N) is 1. The number of carbonyl (C=O) groups excluding carboxylic acids is 3. The van der Waals surface area contributed by atoms with Crippen molar-refractivity contribution in [2.24, 2.45) is 11.7 Å². The number of benzene rings is 2. The standard InChI is InChI=1S/C23H25N3O3/c1-2-15-7-5-6-10-19(15)25-14-18(12-21(25)27)23(29)26-13-17-9-4-3-8-16(17)11-20(26)22(24)28/h3-10,18,20H,2,11-14H2,1H3,(H2,24,28)/t18-,20-/m0/s1. The lowest BCUT2D eigenvalue weighted by Crippen LogP contribution is -2.53. The molecule has 2 aromatic carbocycles. The number of nitrogens with zero attached hydrogens (tertiary/aromatic N) is 2. The van der Waals surface area contributed by atoms with Gasteiger partial charge in [0.15, 0.2) is 0 Å². The summed E-state index contributed by atoms with van der Waals surface area (Å²) in [4.78, 5) is 41.4. The number of amides is 3. The Morgan fingerprint density at radius 3 is 2.45 bits per heavy atom. The first kappa shape index (κ1) is 19.2. The van der Waals surface area contributed by atoms with Crippen LogP contribution in [0.25, 0.3) is 0 Å². The first-order valence-corrected chi connectivity index (χ1v) is 10.0. The van der Waals surface area contributed by atoms with Crippen LogP contribution in [0.15, 0.2) is 48.5 Å². The van der Waals surface area contributed by atoms with Gasteiger partial charge in [-0.1, -0.05) is 49.4 Å². The number of anilines is 1. The number of aryl methyl sites for hydroxylation is 1. The summed E-state index contributed by atoms with van der Waals surface area (Å²) < 4.78 is 0. The third kappa shape index (κ3) is 3.50. The molecule has 6 nitrogen and oxygen atoms in total. The summed E-state index contributed by atoms with van der Waals surface area (Å²) in [6.45, 7) is 2.72. The zero-order valence-corrected chi connectivity index (χ0v) is 16.5. The highest BCUT2D eigenvalue weighted by atomic mass is 16.2. The largest absolute Gasteiger partial charge is 0.368 e. The lowest BCUT2D eigenvalue weighted by Gasteiger charge is -2.36. The second-order valence-corrected chi connectivity index (χ2v) is 7.74. The molecule has 0 saturated carbocycles. The van der Waals surface area contributed by atoms with Crippen molar-refractivity contribution in [2.45, 2.75) is 38.8 Å². The van der Waals surface area contributed by atoms with Crippen LogP contribution >= 0.6 is 0 Å². The Morgan fingerprint density at radius 1 is 1.03 bits per heavy atom. The monoisotopic (exact) mass is 391 g/mol. The van der Waals surface area contributed by atoms with Gasteiger partial charge in [0.05, 0.1) is 5.92 Å². The summed E-state index contributed by atoms with van der Waals surface area (Å²) >= 11 is 0. The first-order valence-electron chi connectivity index (χ1n) is 10.0. The minimum absolute atomic E-state index is 0.0581. The smallest absolute Gasteiger partial charge is 0.240 e. The van der Waals surface area contributed by atoms with E-state index in [0.717, 1.165) is 28.8 Å². The van der Waals surface area contributed by atoms with E-state index in [0.29, 0.717) is 19.5 Å². The van der Waals surface area contributed by atoms with Gasteiger partial charge in [0.25, 0.3) is 0 Å². The molecule has 2 aromatic rings. The normalized spacial score (nSPS) is 21.2. The summed E-state index contributed by atoms with van der Waals surface area (Å²) in [5.74, 6) is -1.21. The molecule has 6 heteroatoms. The molecule has 0 aliphatic carbocycles. The molecule has 29 heavy (non-hydrogen) atoms. The topological polar surface area (TPSA) is 83.7 Å². The number of rotatable bonds is 4. The SMILES string of the molecule is CCc1ccccc1N1C[C@@H](C(=O)N2Cc3ccccc3C[C@H]2C(N)=O)CC1=O. The van der Waals surface area contributed by atoms with Crippen molar-refractivity contribution >= 4 is 23.4 Å². The van der Waals surface area contributed by atoms with E-state index in [1.54, 1.807) is 9.80 Å². The molecule has 0 aromatic heterocycles. The maximum Gasteiger partial charge on any atom is 0.240 e. The highest BCUT2D eigenvalue weighted by Crippen LogP contribution is 2.31. The zero-order chi connectivity index (χ0) is 20.5. The molecule has 2 aliphatic rings. The van der Waals surface area contributed by atoms with Crippen LogP contribution in [0.1, 0.15) is 30.0 Å². The van der Waals surface area contributed by atoms with E-state index in [9.17, 15) is 14.4 Å². The van der Waals surface area contributed by atoms with Gasteiger partial charge in [-0.05, 0) is 29.2 Å². The molecule has 3 amide bonds. The number of fused-ring (bicyclic) bond motifs is 1. The van der Waals surface area contributed by atoms with Crippen molar-refractivity contribution in [3.05, 3.63) is 65.2 Å². The van der Waals surface area contributed by atoms with Gasteiger partial charge in [-0.25, -0.2) is 0 Å². The molecule has 0 unspecified atom stereocenters. The zero-order valence-electron chi connectivity index (χ0n) is 16.5. The van der Waals surface area contributed by atoms with E-state index in [4.69, 9.17) is 5.73 Å². The molecular weight excluding hydrogens is 366 g/mol. The molecule has 2 heterocycles. The Labute approximate surface area is 170 Å². The molecule has 0 spiro atoms. The van der Waals surface area contributed by atoms with E-state index < -0.39 is 17.9 Å². The fourth-order valence-electron chi connectivity index (χ4n) is 4.42. The minimum atomic E-state index is -0.676. The van der Waals surface area contributed by atoms with Crippen LogP contribution in [0.4, 0.5) is 5.69 Å². The van der Waals surface area contributed by atoms with Gasteiger partial charge in [-0.3, -0.25) is 14.4 Å². The summed E-state index contributed by atoms with van der Waals surface area (Å²) in [6, 6.07) is 14.9. The summed E-state index contributed by atoms with van der Waals surface area (Å²) in [5, 5.41) is 0. The van der Waals surface area contributed by atoms with Crippen LogP contribution in [-0.2, 0) is 33.8 Å². The molecule has 4 rings (SSSR count). The minimum Gasteiger partial charge on any atom is -0.368 e. The van der Waals surface area contributed by atoms with E-state index >= 15 is 0 Å². The van der Waals surface area contributed by atoms with Gasteiger partial charge in [0, 0.05) is 31.6 Å². The van der Waals surface area contributed by atoms with Crippen molar-refractivity contribution in [3.63, 3.8) is 0 Å². The van der Waals surface area contributed by atoms with E-state index in [-0.39, 0.29) is 18.2 Å². The van der Waals surface area contributed by atoms with E-state index in [1.807, 2.05) is 55.5 Å². The van der Waals surface area contributed by atoms with Crippen molar-refractivity contribution in [1.29, 1.82) is 0 Å². The molecule has 150 valence electrons. The summed E-state index contributed by atoms with van der Waals surface area (Å²) in [6.07, 6.45) is 1.38. The third-order valence-electron chi connectivity index (χ3n) is 6.00. The van der Waals surface area contributed by atoms with E-state index in [1.165, 1.54) is 0 Å². The predicted octanol–water partition coefficient (Wildman–Crippen LogP) is 2.04. The average molecular weight is 391 g/mol. The molecule has 1 fully saturated rings. The van der Waals surface area contributed by atoms with Crippen LogP contribution in [0, 0.1) is 5.92 Å². The number of hydrogen-bond donors (Lipinski definition) is 1. The maximum atomic E-state index is 13.3. The quantitative estimate of drug-likeness (QED) is 0.866. The number of para-hydroxylation sites is 1. The number of primary amides is 1. The van der Waals surface area contributed by atoms with Gasteiger partial charge in [0.2, 0.25) is 17.7 Å². The number of hydrogen-bond acceptors (Lipinski definition) is 3. The number of carbonyl (C=O) groups is 3. The first-order chi connectivity index (χ1) is 14.0. The van der Waals surface area contributed by atoms with Gasteiger partial charge < -0.3 is 15.5 Å². The second-order valence-electron chi connectivity index (χ2n) is 7.74. The third-order valence-corrected chi connectivity index (χ3v) is 6.00.